The van der Waals surface area contributed by atoms with Crippen molar-refractivity contribution in [3.8, 4) is 0 Å². The molecule has 1 fully saturated rings. The number of aliphatic hydroxyl groups is 1. The van der Waals surface area contributed by atoms with E-state index in [0.29, 0.717) is 12.5 Å². The first-order valence-electron chi connectivity index (χ1n) is 5.50. The van der Waals surface area contributed by atoms with Crippen molar-refractivity contribution in [1.82, 2.24) is 0 Å². The van der Waals surface area contributed by atoms with Crippen LogP contribution in [0.2, 0.25) is 0 Å². The van der Waals surface area contributed by atoms with Crippen LogP contribution in [-0.2, 0) is 4.74 Å². The van der Waals surface area contributed by atoms with Gasteiger partial charge in [-0.3, -0.25) is 0 Å². The van der Waals surface area contributed by atoms with Crippen LogP contribution in [0.4, 0.5) is 0 Å². The molecule has 0 aromatic carbocycles. The first-order valence-corrected chi connectivity index (χ1v) is 5.50. The predicted molar refractivity (Wildman–Crippen MR) is 53.7 cm³/mol. The van der Waals surface area contributed by atoms with Crippen LogP contribution in [0, 0.1) is 5.92 Å². The Morgan fingerprint density at radius 3 is 2.46 bits per heavy atom. The monoisotopic (exact) mass is 186 g/mol. The van der Waals surface area contributed by atoms with Gasteiger partial charge in [-0.2, -0.15) is 0 Å². The van der Waals surface area contributed by atoms with Gasteiger partial charge in [-0.15, -0.1) is 0 Å². The van der Waals surface area contributed by atoms with Gasteiger partial charge >= 0.3 is 0 Å². The minimum Gasteiger partial charge on any atom is -0.393 e. The second-order valence-corrected chi connectivity index (χ2v) is 4.32. The van der Waals surface area contributed by atoms with Gasteiger partial charge in [-0.05, 0) is 39.0 Å². The number of hydrogen-bond acceptors (Lipinski definition) is 2. The summed E-state index contributed by atoms with van der Waals surface area (Å²) in [5.74, 6) is 0.552. The van der Waals surface area contributed by atoms with Crippen LogP contribution >= 0.6 is 0 Å². The molecule has 1 aliphatic carbocycles. The maximum atomic E-state index is 9.78. The average molecular weight is 186 g/mol. The topological polar surface area (TPSA) is 29.5 Å². The van der Waals surface area contributed by atoms with Crippen LogP contribution < -0.4 is 0 Å². The van der Waals surface area contributed by atoms with Gasteiger partial charge in [-0.1, -0.05) is 12.8 Å². The molecule has 1 aliphatic rings. The van der Waals surface area contributed by atoms with Crippen molar-refractivity contribution in [3.05, 3.63) is 0 Å². The van der Waals surface area contributed by atoms with Gasteiger partial charge in [0.05, 0.1) is 12.2 Å². The molecule has 0 aromatic heterocycles. The summed E-state index contributed by atoms with van der Waals surface area (Å²) >= 11 is 0. The summed E-state index contributed by atoms with van der Waals surface area (Å²) in [5, 5.41) is 9.78. The first-order chi connectivity index (χ1) is 6.20. The summed E-state index contributed by atoms with van der Waals surface area (Å²) in [7, 11) is 0. The molecule has 1 saturated carbocycles. The standard InChI is InChI=1S/C11H22O2/c1-9(2)13-8-7-11(12)10-5-3-4-6-10/h9-12H,3-8H2,1-2H3. The number of rotatable bonds is 5. The molecule has 0 amide bonds. The number of ether oxygens (including phenoxy) is 1. The minimum atomic E-state index is -0.124. The highest BCUT2D eigenvalue weighted by atomic mass is 16.5. The second-order valence-electron chi connectivity index (χ2n) is 4.32. The maximum Gasteiger partial charge on any atom is 0.0590 e. The zero-order valence-corrected chi connectivity index (χ0v) is 8.83. The largest absolute Gasteiger partial charge is 0.393 e. The molecular formula is C11H22O2. The fourth-order valence-electron chi connectivity index (χ4n) is 2.00. The lowest BCUT2D eigenvalue weighted by molar-refractivity contribution is 0.0284. The third kappa shape index (κ3) is 4.10. The third-order valence-electron chi connectivity index (χ3n) is 2.81. The van der Waals surface area contributed by atoms with Crippen LogP contribution in [0.15, 0.2) is 0 Å². The summed E-state index contributed by atoms with van der Waals surface area (Å²) < 4.78 is 5.41. The molecule has 1 N–H and O–H groups in total. The highest BCUT2D eigenvalue weighted by Gasteiger charge is 2.22. The van der Waals surface area contributed by atoms with E-state index in [9.17, 15) is 5.11 Å². The van der Waals surface area contributed by atoms with Crippen molar-refractivity contribution in [2.24, 2.45) is 5.92 Å². The van der Waals surface area contributed by atoms with Crippen molar-refractivity contribution in [1.29, 1.82) is 0 Å². The molecular weight excluding hydrogens is 164 g/mol. The van der Waals surface area contributed by atoms with E-state index in [4.69, 9.17) is 4.74 Å². The molecule has 1 rings (SSSR count). The van der Waals surface area contributed by atoms with E-state index in [0.717, 1.165) is 6.42 Å². The molecule has 13 heavy (non-hydrogen) atoms. The Morgan fingerprint density at radius 1 is 1.31 bits per heavy atom. The van der Waals surface area contributed by atoms with Gasteiger partial charge in [0, 0.05) is 6.61 Å². The lowest BCUT2D eigenvalue weighted by Crippen LogP contribution is -2.20. The summed E-state index contributed by atoms with van der Waals surface area (Å²) in [4.78, 5) is 0. The van der Waals surface area contributed by atoms with E-state index in [1.54, 1.807) is 0 Å². The quantitative estimate of drug-likeness (QED) is 0.714. The van der Waals surface area contributed by atoms with E-state index < -0.39 is 0 Å². The van der Waals surface area contributed by atoms with Crippen molar-refractivity contribution < 1.29 is 9.84 Å². The van der Waals surface area contributed by atoms with Crippen LogP contribution in [-0.4, -0.2) is 23.9 Å². The van der Waals surface area contributed by atoms with Gasteiger partial charge in [0.15, 0.2) is 0 Å². The average Bonchev–Trinajstić information content (AvgIpc) is 2.55. The molecule has 1 atom stereocenters. The van der Waals surface area contributed by atoms with Crippen molar-refractivity contribution >= 4 is 0 Å². The zero-order chi connectivity index (χ0) is 9.68. The zero-order valence-electron chi connectivity index (χ0n) is 8.83. The van der Waals surface area contributed by atoms with Crippen molar-refractivity contribution in [2.45, 2.75) is 58.2 Å². The van der Waals surface area contributed by atoms with Crippen LogP contribution in [0.3, 0.4) is 0 Å². The highest BCUT2D eigenvalue weighted by molar-refractivity contribution is 4.74. The van der Waals surface area contributed by atoms with Crippen molar-refractivity contribution in [2.75, 3.05) is 6.61 Å². The Labute approximate surface area is 81.3 Å². The predicted octanol–water partition coefficient (Wildman–Crippen LogP) is 2.35. The number of aliphatic hydroxyl groups excluding tert-OH is 1. The maximum absolute atomic E-state index is 9.78. The smallest absolute Gasteiger partial charge is 0.0590 e. The SMILES string of the molecule is CC(C)OCCC(O)C1CCCC1. The van der Waals surface area contributed by atoms with Crippen molar-refractivity contribution in [3.63, 3.8) is 0 Å². The molecule has 0 aliphatic heterocycles. The Kier molecular flexibility index (Phi) is 4.74. The van der Waals surface area contributed by atoms with Crippen LogP contribution in [0.1, 0.15) is 46.0 Å². The van der Waals surface area contributed by atoms with Gasteiger partial charge in [0.2, 0.25) is 0 Å². The Morgan fingerprint density at radius 2 is 1.92 bits per heavy atom. The van der Waals surface area contributed by atoms with Gasteiger partial charge < -0.3 is 9.84 Å². The first kappa shape index (κ1) is 11.0. The minimum absolute atomic E-state index is 0.124. The number of hydrogen-bond donors (Lipinski definition) is 1. The summed E-state index contributed by atoms with van der Waals surface area (Å²) in [5.41, 5.74) is 0. The van der Waals surface area contributed by atoms with Crippen LogP contribution in [0.25, 0.3) is 0 Å². The molecule has 0 bridgehead atoms. The molecule has 0 spiro atoms. The van der Waals surface area contributed by atoms with Crippen LogP contribution in [0.5, 0.6) is 0 Å². The van der Waals surface area contributed by atoms with Gasteiger partial charge in [0.25, 0.3) is 0 Å². The molecule has 78 valence electrons. The Bertz CT molecular complexity index is 128. The van der Waals surface area contributed by atoms with Gasteiger partial charge in [-0.25, -0.2) is 0 Å². The van der Waals surface area contributed by atoms with E-state index >= 15 is 0 Å². The molecule has 0 aromatic rings. The Hall–Kier alpha value is -0.0800. The molecule has 0 radical (unpaired) electrons. The van der Waals surface area contributed by atoms with Gasteiger partial charge in [0.1, 0.15) is 0 Å². The second kappa shape index (κ2) is 5.61. The third-order valence-corrected chi connectivity index (χ3v) is 2.81. The summed E-state index contributed by atoms with van der Waals surface area (Å²) in [6.07, 6.45) is 5.99. The molecule has 0 heterocycles. The van der Waals surface area contributed by atoms with E-state index in [2.05, 4.69) is 0 Å². The molecule has 0 saturated heterocycles. The fourth-order valence-corrected chi connectivity index (χ4v) is 2.00. The van der Waals surface area contributed by atoms with E-state index in [1.807, 2.05) is 13.8 Å². The lowest BCUT2D eigenvalue weighted by atomic mass is 9.99. The molecule has 1 unspecified atom stereocenters. The molecule has 2 nitrogen and oxygen atoms in total. The van der Waals surface area contributed by atoms with E-state index in [1.165, 1.54) is 25.7 Å². The highest BCUT2D eigenvalue weighted by Crippen LogP contribution is 2.28. The molecule has 2 heteroatoms. The normalized spacial score (nSPS) is 21.2. The summed E-state index contributed by atoms with van der Waals surface area (Å²) in [6.45, 7) is 4.76. The Balaban J connectivity index is 2.06. The lowest BCUT2D eigenvalue weighted by Gasteiger charge is -2.18. The fraction of sp³-hybridized carbons (Fsp3) is 1.00. The van der Waals surface area contributed by atoms with E-state index in [-0.39, 0.29) is 12.2 Å². The summed E-state index contributed by atoms with van der Waals surface area (Å²) in [6, 6.07) is 0.